The lowest BCUT2D eigenvalue weighted by molar-refractivity contribution is 0.375. The Kier molecular flexibility index (Phi) is 1.11. The zero-order valence-corrected chi connectivity index (χ0v) is 7.29. The average molecular weight is 189 g/mol. The second-order valence-electron chi connectivity index (χ2n) is 3.77. The summed E-state index contributed by atoms with van der Waals surface area (Å²) in [6.45, 7) is 0. The summed E-state index contributed by atoms with van der Waals surface area (Å²) in [5, 5.41) is 0. The van der Waals surface area contributed by atoms with Crippen molar-refractivity contribution in [3.05, 3.63) is 0 Å². The van der Waals surface area contributed by atoms with Gasteiger partial charge in [-0.2, -0.15) is 17.4 Å². The smallest absolute Gasteiger partial charge is 0.280 e. The van der Waals surface area contributed by atoms with E-state index < -0.39 is 10.2 Å². The maximum absolute atomic E-state index is 11.4. The highest BCUT2D eigenvalue weighted by atomic mass is 32.2. The van der Waals surface area contributed by atoms with Crippen LogP contribution in [0, 0.1) is 0 Å². The van der Waals surface area contributed by atoms with E-state index in [0.29, 0.717) is 0 Å². The first-order chi connectivity index (χ1) is 5.61. The minimum Gasteiger partial charge on any atom is -0.325 e. The Morgan fingerprint density at radius 2 is 2.00 bits per heavy atom. The average Bonchev–Trinajstić information content (AvgIpc) is 2.54. The highest BCUT2D eigenvalue weighted by Gasteiger charge is 2.62. The van der Waals surface area contributed by atoms with E-state index in [4.69, 9.17) is 5.73 Å². The normalized spacial score (nSPS) is 59.6. The molecule has 0 saturated carbocycles. The predicted molar refractivity (Wildman–Crippen MR) is 42.5 cm³/mol. The maximum Gasteiger partial charge on any atom is 0.280 e. The minimum absolute atomic E-state index is 0.00674. The fourth-order valence-electron chi connectivity index (χ4n) is 2.78. The van der Waals surface area contributed by atoms with E-state index in [1.807, 2.05) is 0 Å². The van der Waals surface area contributed by atoms with Crippen LogP contribution in [0.5, 0.6) is 0 Å². The number of hydrogen-bond acceptors (Lipinski definition) is 3. The Hall–Kier alpha value is -0.170. The van der Waals surface area contributed by atoms with Crippen LogP contribution in [0.4, 0.5) is 0 Å². The first-order valence-corrected chi connectivity index (χ1v) is 5.61. The van der Waals surface area contributed by atoms with Crippen LogP contribution < -0.4 is 10.5 Å². The van der Waals surface area contributed by atoms with Gasteiger partial charge in [-0.1, -0.05) is 0 Å². The van der Waals surface area contributed by atoms with Gasteiger partial charge in [-0.3, -0.25) is 0 Å². The van der Waals surface area contributed by atoms with Crippen molar-refractivity contribution >= 4 is 10.2 Å². The van der Waals surface area contributed by atoms with Crippen LogP contribution in [0.3, 0.4) is 0 Å². The molecule has 0 radical (unpaired) electrons. The van der Waals surface area contributed by atoms with Gasteiger partial charge in [0, 0.05) is 18.1 Å². The Morgan fingerprint density at radius 3 is 2.50 bits per heavy atom. The summed E-state index contributed by atoms with van der Waals surface area (Å²) in [6.07, 6.45) is 1.90. The van der Waals surface area contributed by atoms with Crippen LogP contribution >= 0.6 is 0 Å². The molecule has 0 aromatic rings. The zero-order chi connectivity index (χ0) is 8.51. The molecule has 3 saturated heterocycles. The standard InChI is InChI=1S/C6H11N3O2S/c7-5-3-1-2-4-6(5)8-12(10,11)9(3)4/h3-6,8H,1-2,7H2. The molecule has 4 bridgehead atoms. The third kappa shape index (κ3) is 0.597. The molecule has 3 N–H and O–H groups in total. The van der Waals surface area contributed by atoms with Crippen molar-refractivity contribution < 1.29 is 8.42 Å². The van der Waals surface area contributed by atoms with E-state index >= 15 is 0 Å². The van der Waals surface area contributed by atoms with Crippen molar-refractivity contribution in [3.8, 4) is 0 Å². The SMILES string of the molecule is NC1C2NS(=O)(=O)N3C1CCC23. The summed E-state index contributed by atoms with van der Waals surface area (Å²) >= 11 is 0. The summed E-state index contributed by atoms with van der Waals surface area (Å²) in [6, 6.07) is 0.210. The molecule has 3 fully saturated rings. The molecule has 3 aliphatic heterocycles. The van der Waals surface area contributed by atoms with E-state index in [0.717, 1.165) is 12.8 Å². The summed E-state index contributed by atoms with van der Waals surface area (Å²) < 4.78 is 26.9. The molecule has 3 rings (SSSR count). The molecule has 0 aromatic heterocycles. The summed E-state index contributed by atoms with van der Waals surface area (Å²) in [5.74, 6) is 0. The molecule has 6 heteroatoms. The van der Waals surface area contributed by atoms with E-state index in [-0.39, 0.29) is 24.2 Å². The lowest BCUT2D eigenvalue weighted by Gasteiger charge is -2.28. The molecule has 5 unspecified atom stereocenters. The molecule has 5 nitrogen and oxygen atoms in total. The lowest BCUT2D eigenvalue weighted by Crippen LogP contribution is -2.56. The fraction of sp³-hybridized carbons (Fsp3) is 1.00. The van der Waals surface area contributed by atoms with Gasteiger partial charge in [0.05, 0.1) is 6.04 Å². The van der Waals surface area contributed by atoms with Crippen LogP contribution in [0.2, 0.25) is 0 Å². The van der Waals surface area contributed by atoms with Gasteiger partial charge in [-0.05, 0) is 12.8 Å². The molecule has 3 heterocycles. The van der Waals surface area contributed by atoms with Gasteiger partial charge in [0.15, 0.2) is 0 Å². The van der Waals surface area contributed by atoms with Crippen LogP contribution in [0.15, 0.2) is 0 Å². The maximum atomic E-state index is 11.4. The molecular weight excluding hydrogens is 178 g/mol. The first-order valence-electron chi connectivity index (χ1n) is 4.17. The topological polar surface area (TPSA) is 75.4 Å². The zero-order valence-electron chi connectivity index (χ0n) is 6.47. The molecule has 0 spiro atoms. The summed E-state index contributed by atoms with van der Waals surface area (Å²) in [7, 11) is -3.15. The lowest BCUT2D eigenvalue weighted by atomic mass is 9.92. The summed E-state index contributed by atoms with van der Waals surface area (Å²) in [5.41, 5.74) is 5.86. The molecule has 0 aromatic carbocycles. The van der Waals surface area contributed by atoms with Crippen molar-refractivity contribution in [1.82, 2.24) is 9.03 Å². The van der Waals surface area contributed by atoms with Crippen molar-refractivity contribution in [2.75, 3.05) is 0 Å². The van der Waals surface area contributed by atoms with Gasteiger partial charge < -0.3 is 5.73 Å². The van der Waals surface area contributed by atoms with Crippen molar-refractivity contribution in [1.29, 1.82) is 0 Å². The van der Waals surface area contributed by atoms with Crippen LogP contribution in [-0.2, 0) is 10.2 Å². The van der Waals surface area contributed by atoms with Crippen molar-refractivity contribution in [3.63, 3.8) is 0 Å². The van der Waals surface area contributed by atoms with E-state index in [2.05, 4.69) is 4.72 Å². The number of hydrogen-bond donors (Lipinski definition) is 2. The number of nitrogens with zero attached hydrogens (tertiary/aromatic N) is 1. The van der Waals surface area contributed by atoms with E-state index in [1.54, 1.807) is 4.31 Å². The molecule has 0 amide bonds. The van der Waals surface area contributed by atoms with E-state index in [9.17, 15) is 8.42 Å². The van der Waals surface area contributed by atoms with Crippen molar-refractivity contribution in [2.24, 2.45) is 5.73 Å². The Labute approximate surface area is 71.1 Å². The second kappa shape index (κ2) is 1.84. The van der Waals surface area contributed by atoms with Crippen molar-refractivity contribution in [2.45, 2.75) is 37.0 Å². The first kappa shape index (κ1) is 7.25. The molecule has 68 valence electrons. The Balaban J connectivity index is 2.13. The number of nitrogens with one attached hydrogen (secondary N) is 1. The van der Waals surface area contributed by atoms with Crippen LogP contribution in [-0.4, -0.2) is 36.9 Å². The quantitative estimate of drug-likeness (QED) is 0.481. The molecule has 0 aliphatic carbocycles. The van der Waals surface area contributed by atoms with Gasteiger partial charge in [-0.25, -0.2) is 0 Å². The highest BCUT2D eigenvalue weighted by molar-refractivity contribution is 7.87. The monoisotopic (exact) mass is 189 g/mol. The van der Waals surface area contributed by atoms with Gasteiger partial charge in [0.2, 0.25) is 0 Å². The molecule has 12 heavy (non-hydrogen) atoms. The third-order valence-electron chi connectivity index (χ3n) is 3.25. The number of rotatable bonds is 0. The minimum atomic E-state index is -3.15. The Bertz CT molecular complexity index is 320. The van der Waals surface area contributed by atoms with Gasteiger partial charge in [0.25, 0.3) is 10.2 Å². The molecule has 3 aliphatic rings. The largest absolute Gasteiger partial charge is 0.325 e. The fourth-order valence-corrected chi connectivity index (χ4v) is 4.76. The number of nitrogens with two attached hydrogens (primary N) is 1. The third-order valence-corrected chi connectivity index (χ3v) is 4.91. The second-order valence-corrected chi connectivity index (χ2v) is 5.38. The highest BCUT2D eigenvalue weighted by Crippen LogP contribution is 2.43. The van der Waals surface area contributed by atoms with Gasteiger partial charge >= 0.3 is 0 Å². The van der Waals surface area contributed by atoms with Gasteiger partial charge in [-0.15, -0.1) is 0 Å². The molecular formula is C6H11N3O2S. The molecule has 5 atom stereocenters. The van der Waals surface area contributed by atoms with Crippen LogP contribution in [0.25, 0.3) is 0 Å². The van der Waals surface area contributed by atoms with E-state index in [1.165, 1.54) is 0 Å². The predicted octanol–water partition coefficient (Wildman–Crippen LogP) is -1.62. The Morgan fingerprint density at radius 1 is 1.33 bits per heavy atom. The summed E-state index contributed by atoms with van der Waals surface area (Å²) in [4.78, 5) is 0. The van der Waals surface area contributed by atoms with Crippen LogP contribution in [0.1, 0.15) is 12.8 Å². The van der Waals surface area contributed by atoms with Gasteiger partial charge in [0.1, 0.15) is 0 Å².